The average Bonchev–Trinajstić information content (AvgIpc) is 2.41. The van der Waals surface area contributed by atoms with Gasteiger partial charge in [-0.3, -0.25) is 0 Å². The second kappa shape index (κ2) is 7.46. The SMILES string of the molecule is CCC(O)(CC)CNCC(O)c1cc(Cl)ccc1Cl. The standard InChI is InChI=1S/C14H21Cl2NO2/c1-3-14(19,4-2)9-17-8-13(18)11-7-10(15)5-6-12(11)16/h5-7,13,17-19H,3-4,8-9H2,1-2H3. The van der Waals surface area contributed by atoms with Crippen molar-refractivity contribution in [2.45, 2.75) is 38.4 Å². The summed E-state index contributed by atoms with van der Waals surface area (Å²) in [5, 5.41) is 24.3. The maximum absolute atomic E-state index is 10.1. The lowest BCUT2D eigenvalue weighted by molar-refractivity contribution is 0.0293. The third-order valence-corrected chi connectivity index (χ3v) is 4.00. The van der Waals surface area contributed by atoms with Gasteiger partial charge in [0.25, 0.3) is 0 Å². The number of hydrogen-bond acceptors (Lipinski definition) is 3. The molecule has 0 spiro atoms. The van der Waals surface area contributed by atoms with Crippen molar-refractivity contribution >= 4 is 23.2 Å². The molecule has 0 heterocycles. The molecule has 0 amide bonds. The number of aliphatic hydroxyl groups is 2. The third-order valence-electron chi connectivity index (χ3n) is 3.43. The molecule has 1 atom stereocenters. The van der Waals surface area contributed by atoms with Gasteiger partial charge in [0.05, 0.1) is 11.7 Å². The Balaban J connectivity index is 2.56. The first-order chi connectivity index (χ1) is 8.91. The molecule has 0 radical (unpaired) electrons. The molecule has 5 heteroatoms. The lowest BCUT2D eigenvalue weighted by atomic mass is 9.97. The first-order valence-corrected chi connectivity index (χ1v) is 7.23. The van der Waals surface area contributed by atoms with Gasteiger partial charge in [0.15, 0.2) is 0 Å². The highest BCUT2D eigenvalue weighted by atomic mass is 35.5. The summed E-state index contributed by atoms with van der Waals surface area (Å²) >= 11 is 11.9. The monoisotopic (exact) mass is 305 g/mol. The molecular formula is C14H21Cl2NO2. The van der Waals surface area contributed by atoms with E-state index >= 15 is 0 Å². The summed E-state index contributed by atoms with van der Waals surface area (Å²) in [4.78, 5) is 0. The third kappa shape index (κ3) is 4.93. The summed E-state index contributed by atoms with van der Waals surface area (Å²) in [6.07, 6.45) is 0.596. The number of rotatable bonds is 7. The topological polar surface area (TPSA) is 52.5 Å². The van der Waals surface area contributed by atoms with Gasteiger partial charge in [-0.05, 0) is 31.0 Å². The second-order valence-electron chi connectivity index (χ2n) is 4.74. The number of hydrogen-bond donors (Lipinski definition) is 3. The highest BCUT2D eigenvalue weighted by Gasteiger charge is 2.22. The Labute approximate surface area is 124 Å². The molecule has 0 fully saturated rings. The van der Waals surface area contributed by atoms with Crippen LogP contribution in [0.25, 0.3) is 0 Å². The molecule has 1 unspecified atom stereocenters. The van der Waals surface area contributed by atoms with Gasteiger partial charge >= 0.3 is 0 Å². The van der Waals surface area contributed by atoms with Crippen LogP contribution in [0.3, 0.4) is 0 Å². The second-order valence-corrected chi connectivity index (χ2v) is 5.59. The number of nitrogens with one attached hydrogen (secondary N) is 1. The Hall–Kier alpha value is -0.320. The van der Waals surface area contributed by atoms with Gasteiger partial charge in [-0.15, -0.1) is 0 Å². The van der Waals surface area contributed by atoms with Crippen molar-refractivity contribution in [2.24, 2.45) is 0 Å². The van der Waals surface area contributed by atoms with Gasteiger partial charge in [0.1, 0.15) is 0 Å². The van der Waals surface area contributed by atoms with Crippen LogP contribution in [0.5, 0.6) is 0 Å². The van der Waals surface area contributed by atoms with Gasteiger partial charge < -0.3 is 15.5 Å². The van der Waals surface area contributed by atoms with Gasteiger partial charge in [0.2, 0.25) is 0 Å². The summed E-state index contributed by atoms with van der Waals surface area (Å²) in [5.74, 6) is 0. The van der Waals surface area contributed by atoms with E-state index in [0.29, 0.717) is 41.5 Å². The van der Waals surface area contributed by atoms with E-state index in [-0.39, 0.29) is 0 Å². The molecular weight excluding hydrogens is 285 g/mol. The fourth-order valence-corrected chi connectivity index (χ4v) is 2.25. The minimum absolute atomic E-state index is 0.322. The van der Waals surface area contributed by atoms with Crippen LogP contribution < -0.4 is 5.32 Å². The van der Waals surface area contributed by atoms with Gasteiger partial charge in [-0.2, -0.15) is 0 Å². The van der Waals surface area contributed by atoms with E-state index < -0.39 is 11.7 Å². The zero-order valence-corrected chi connectivity index (χ0v) is 12.8. The largest absolute Gasteiger partial charge is 0.389 e. The fourth-order valence-electron chi connectivity index (χ4n) is 1.82. The highest BCUT2D eigenvalue weighted by Crippen LogP contribution is 2.26. The summed E-state index contributed by atoms with van der Waals surface area (Å²) in [6.45, 7) is 4.64. The van der Waals surface area contributed by atoms with Crippen LogP contribution in [0.1, 0.15) is 38.4 Å². The average molecular weight is 306 g/mol. The Morgan fingerprint density at radius 1 is 1.26 bits per heavy atom. The lowest BCUT2D eigenvalue weighted by Gasteiger charge is -2.26. The van der Waals surface area contributed by atoms with Gasteiger partial charge in [-0.1, -0.05) is 37.0 Å². The van der Waals surface area contributed by atoms with E-state index in [0.717, 1.165) is 0 Å². The summed E-state index contributed by atoms with van der Waals surface area (Å²) in [6, 6.07) is 5.00. The van der Waals surface area contributed by atoms with Gasteiger partial charge in [0, 0.05) is 28.7 Å². The van der Waals surface area contributed by atoms with Crippen molar-refractivity contribution < 1.29 is 10.2 Å². The molecule has 3 nitrogen and oxygen atoms in total. The van der Waals surface area contributed by atoms with E-state index in [4.69, 9.17) is 23.2 Å². The minimum atomic E-state index is -0.746. The normalized spacial score (nSPS) is 13.6. The van der Waals surface area contributed by atoms with Crippen LogP contribution in [0.15, 0.2) is 18.2 Å². The molecule has 0 bridgehead atoms. The zero-order valence-electron chi connectivity index (χ0n) is 11.3. The van der Waals surface area contributed by atoms with Crippen LogP contribution in [0.2, 0.25) is 10.0 Å². The van der Waals surface area contributed by atoms with Crippen molar-refractivity contribution in [1.29, 1.82) is 0 Å². The molecule has 0 aromatic heterocycles. The molecule has 1 aromatic rings. The summed E-state index contributed by atoms with van der Waals surface area (Å²) < 4.78 is 0. The van der Waals surface area contributed by atoms with Crippen molar-refractivity contribution in [2.75, 3.05) is 13.1 Å². The summed E-state index contributed by atoms with van der Waals surface area (Å²) in [7, 11) is 0. The molecule has 0 aliphatic rings. The quantitative estimate of drug-likeness (QED) is 0.725. The Bertz CT molecular complexity index is 408. The zero-order chi connectivity index (χ0) is 14.5. The van der Waals surface area contributed by atoms with E-state index in [1.165, 1.54) is 0 Å². The molecule has 3 N–H and O–H groups in total. The number of aliphatic hydroxyl groups excluding tert-OH is 1. The van der Waals surface area contributed by atoms with Crippen LogP contribution in [0.4, 0.5) is 0 Å². The number of halogens is 2. The van der Waals surface area contributed by atoms with Crippen LogP contribution in [-0.4, -0.2) is 28.9 Å². The van der Waals surface area contributed by atoms with E-state index in [2.05, 4.69) is 5.32 Å². The van der Waals surface area contributed by atoms with E-state index in [1.807, 2.05) is 13.8 Å². The Kier molecular flexibility index (Phi) is 6.57. The molecule has 0 aliphatic carbocycles. The first-order valence-electron chi connectivity index (χ1n) is 6.48. The maximum atomic E-state index is 10.1. The molecule has 108 valence electrons. The lowest BCUT2D eigenvalue weighted by Crippen LogP contribution is -2.40. The maximum Gasteiger partial charge on any atom is 0.0929 e. The van der Waals surface area contributed by atoms with Crippen LogP contribution in [-0.2, 0) is 0 Å². The Morgan fingerprint density at radius 2 is 1.89 bits per heavy atom. The summed E-state index contributed by atoms with van der Waals surface area (Å²) in [5.41, 5.74) is -0.129. The molecule has 1 aromatic carbocycles. The van der Waals surface area contributed by atoms with E-state index in [9.17, 15) is 10.2 Å². The van der Waals surface area contributed by atoms with Crippen LogP contribution in [0, 0.1) is 0 Å². The van der Waals surface area contributed by atoms with Gasteiger partial charge in [-0.25, -0.2) is 0 Å². The van der Waals surface area contributed by atoms with Crippen molar-refractivity contribution in [3.05, 3.63) is 33.8 Å². The molecule has 0 saturated carbocycles. The molecule has 19 heavy (non-hydrogen) atoms. The highest BCUT2D eigenvalue weighted by molar-refractivity contribution is 6.33. The van der Waals surface area contributed by atoms with Crippen molar-refractivity contribution in [3.63, 3.8) is 0 Å². The predicted molar refractivity (Wildman–Crippen MR) is 79.8 cm³/mol. The predicted octanol–water partition coefficient (Wildman–Crippen LogP) is 3.17. The number of benzene rings is 1. The molecule has 0 saturated heterocycles. The van der Waals surface area contributed by atoms with E-state index in [1.54, 1.807) is 18.2 Å². The first kappa shape index (κ1) is 16.7. The Morgan fingerprint density at radius 3 is 2.47 bits per heavy atom. The minimum Gasteiger partial charge on any atom is -0.389 e. The van der Waals surface area contributed by atoms with Crippen molar-refractivity contribution in [3.8, 4) is 0 Å². The smallest absolute Gasteiger partial charge is 0.0929 e. The fraction of sp³-hybridized carbons (Fsp3) is 0.571. The van der Waals surface area contributed by atoms with Crippen molar-refractivity contribution in [1.82, 2.24) is 5.32 Å². The molecule has 0 aliphatic heterocycles. The van der Waals surface area contributed by atoms with Crippen LogP contribution >= 0.6 is 23.2 Å². The molecule has 1 rings (SSSR count).